The smallest absolute Gasteiger partial charge is 0.254 e. The van der Waals surface area contributed by atoms with Crippen LogP contribution in [-0.2, 0) is 0 Å². The van der Waals surface area contributed by atoms with Gasteiger partial charge in [0.1, 0.15) is 0 Å². The van der Waals surface area contributed by atoms with Crippen LogP contribution in [0.5, 0.6) is 0 Å². The molecular weight excluding hydrogens is 346 g/mol. The Morgan fingerprint density at radius 1 is 1.07 bits per heavy atom. The second-order valence-electron chi connectivity index (χ2n) is 7.21. The molecule has 1 aromatic heterocycles. The highest BCUT2D eigenvalue weighted by atomic mass is 16.2. The Labute approximate surface area is 165 Å². The van der Waals surface area contributed by atoms with Gasteiger partial charge >= 0.3 is 0 Å². The second kappa shape index (κ2) is 7.84. The number of aryl methyl sites for hydroxylation is 1. The molecule has 4 nitrogen and oxygen atoms in total. The fourth-order valence-electron chi connectivity index (χ4n) is 3.68. The molecule has 2 heterocycles. The van der Waals surface area contributed by atoms with Gasteiger partial charge in [0.2, 0.25) is 0 Å². The zero-order chi connectivity index (χ0) is 19.5. The number of carbonyl (C=O) groups excluding carboxylic acids is 1. The van der Waals surface area contributed by atoms with Gasteiger partial charge in [-0.05, 0) is 25.1 Å². The van der Waals surface area contributed by atoms with E-state index in [-0.39, 0.29) is 5.91 Å². The van der Waals surface area contributed by atoms with Crippen molar-refractivity contribution in [3.05, 3.63) is 65.7 Å². The average Bonchev–Trinajstić information content (AvgIpc) is 2.74. The number of terminal acetylenes is 1. The van der Waals surface area contributed by atoms with E-state index < -0.39 is 0 Å². The van der Waals surface area contributed by atoms with Gasteiger partial charge in [-0.3, -0.25) is 9.69 Å². The van der Waals surface area contributed by atoms with E-state index in [4.69, 9.17) is 11.4 Å². The van der Waals surface area contributed by atoms with Crippen LogP contribution in [0.15, 0.2) is 54.6 Å². The topological polar surface area (TPSA) is 36.4 Å². The van der Waals surface area contributed by atoms with Gasteiger partial charge in [-0.25, -0.2) is 4.98 Å². The maximum absolute atomic E-state index is 13.4. The molecule has 4 heteroatoms. The monoisotopic (exact) mass is 369 g/mol. The lowest BCUT2D eigenvalue weighted by atomic mass is 10.0. The summed E-state index contributed by atoms with van der Waals surface area (Å²) in [6.07, 6.45) is 5.41. The maximum atomic E-state index is 13.4. The second-order valence-corrected chi connectivity index (χ2v) is 7.21. The van der Waals surface area contributed by atoms with Gasteiger partial charge in [0.25, 0.3) is 5.91 Å². The van der Waals surface area contributed by atoms with Crippen molar-refractivity contribution in [3.8, 4) is 23.6 Å². The van der Waals surface area contributed by atoms with Crippen molar-refractivity contribution in [1.82, 2.24) is 14.8 Å². The summed E-state index contributed by atoms with van der Waals surface area (Å²) in [5.74, 6) is 2.75. The third-order valence-corrected chi connectivity index (χ3v) is 5.24. The molecule has 2 aromatic carbocycles. The fourth-order valence-corrected chi connectivity index (χ4v) is 3.68. The molecule has 0 atom stereocenters. The number of piperazine rings is 1. The summed E-state index contributed by atoms with van der Waals surface area (Å²) in [7, 11) is 0. The number of benzene rings is 2. The third-order valence-electron chi connectivity index (χ3n) is 5.24. The van der Waals surface area contributed by atoms with E-state index in [1.54, 1.807) is 0 Å². The predicted octanol–water partition coefficient (Wildman–Crippen LogP) is 3.60. The summed E-state index contributed by atoms with van der Waals surface area (Å²) in [6.45, 7) is 5.68. The number of hydrogen-bond donors (Lipinski definition) is 0. The van der Waals surface area contributed by atoms with Crippen molar-refractivity contribution in [2.45, 2.75) is 6.92 Å². The number of rotatable bonds is 3. The summed E-state index contributed by atoms with van der Waals surface area (Å²) < 4.78 is 0. The molecule has 0 N–H and O–H groups in total. The molecule has 1 aliphatic rings. The van der Waals surface area contributed by atoms with Crippen molar-refractivity contribution < 1.29 is 4.79 Å². The molecular formula is C24H23N3O. The molecule has 1 aliphatic heterocycles. The zero-order valence-electron chi connectivity index (χ0n) is 16.1. The lowest BCUT2D eigenvalue weighted by molar-refractivity contribution is 0.0654. The van der Waals surface area contributed by atoms with E-state index in [0.717, 1.165) is 46.4 Å². The van der Waals surface area contributed by atoms with Crippen molar-refractivity contribution in [2.24, 2.45) is 0 Å². The third kappa shape index (κ3) is 3.62. The van der Waals surface area contributed by atoms with Crippen molar-refractivity contribution in [2.75, 3.05) is 32.7 Å². The molecule has 140 valence electrons. The molecule has 0 spiro atoms. The molecule has 0 unspecified atom stereocenters. The van der Waals surface area contributed by atoms with Gasteiger partial charge in [-0.2, -0.15) is 0 Å². The van der Waals surface area contributed by atoms with Crippen LogP contribution < -0.4 is 0 Å². The average molecular weight is 369 g/mol. The van der Waals surface area contributed by atoms with Crippen molar-refractivity contribution in [1.29, 1.82) is 0 Å². The van der Waals surface area contributed by atoms with Gasteiger partial charge in [0.15, 0.2) is 0 Å². The summed E-state index contributed by atoms with van der Waals surface area (Å²) in [4.78, 5) is 22.4. The summed E-state index contributed by atoms with van der Waals surface area (Å²) in [5, 5.41) is 0.913. The number of carbonyl (C=O) groups is 1. The molecule has 4 rings (SSSR count). The zero-order valence-corrected chi connectivity index (χ0v) is 16.1. The van der Waals surface area contributed by atoms with E-state index in [0.29, 0.717) is 19.6 Å². The van der Waals surface area contributed by atoms with Crippen LogP contribution in [0.4, 0.5) is 0 Å². The first kappa shape index (κ1) is 18.2. The highest BCUT2D eigenvalue weighted by Gasteiger charge is 2.24. The Hall–Kier alpha value is -3.16. The van der Waals surface area contributed by atoms with Gasteiger partial charge in [0, 0.05) is 37.1 Å². The minimum Gasteiger partial charge on any atom is -0.336 e. The molecule has 1 fully saturated rings. The molecule has 0 radical (unpaired) electrons. The number of amides is 1. The van der Waals surface area contributed by atoms with Crippen LogP contribution in [0.1, 0.15) is 15.9 Å². The highest BCUT2D eigenvalue weighted by molar-refractivity contribution is 6.07. The van der Waals surface area contributed by atoms with Gasteiger partial charge in [0.05, 0.1) is 23.3 Å². The largest absolute Gasteiger partial charge is 0.336 e. The van der Waals surface area contributed by atoms with Crippen LogP contribution in [0, 0.1) is 19.3 Å². The van der Waals surface area contributed by atoms with E-state index in [1.807, 2.05) is 60.4 Å². The minimum atomic E-state index is 0.0653. The first-order chi connectivity index (χ1) is 13.7. The van der Waals surface area contributed by atoms with Gasteiger partial charge in [-0.1, -0.05) is 47.9 Å². The van der Waals surface area contributed by atoms with Gasteiger partial charge < -0.3 is 4.90 Å². The molecule has 0 bridgehead atoms. The summed E-state index contributed by atoms with van der Waals surface area (Å²) >= 11 is 0. The van der Waals surface area contributed by atoms with Crippen LogP contribution in [-0.4, -0.2) is 53.4 Å². The molecule has 1 amide bonds. The van der Waals surface area contributed by atoms with Crippen molar-refractivity contribution >= 4 is 16.8 Å². The minimum absolute atomic E-state index is 0.0653. The normalized spacial score (nSPS) is 14.8. The number of fused-ring (bicyclic) bond motifs is 1. The standard InChI is InChI=1S/C24H23N3O/c1-3-11-26-12-14-27(15-13-26)24(28)21-17-23(19-7-5-4-6-8-19)25-22-10-9-18(2)16-20(21)22/h1,4-10,16-17H,11-15H2,2H3. The highest BCUT2D eigenvalue weighted by Crippen LogP contribution is 2.27. The first-order valence-corrected chi connectivity index (χ1v) is 9.57. The van der Waals surface area contributed by atoms with E-state index in [1.165, 1.54) is 0 Å². The van der Waals surface area contributed by atoms with E-state index >= 15 is 0 Å². The Balaban J connectivity index is 1.73. The van der Waals surface area contributed by atoms with Crippen LogP contribution >= 0.6 is 0 Å². The summed E-state index contributed by atoms with van der Waals surface area (Å²) in [6, 6.07) is 18.0. The SMILES string of the molecule is C#CCN1CCN(C(=O)c2cc(-c3ccccc3)nc3ccc(C)cc23)CC1. The van der Waals surface area contributed by atoms with E-state index in [2.05, 4.69) is 16.9 Å². The predicted molar refractivity (Wildman–Crippen MR) is 113 cm³/mol. The first-order valence-electron chi connectivity index (χ1n) is 9.57. The van der Waals surface area contributed by atoms with Crippen LogP contribution in [0.25, 0.3) is 22.2 Å². The Bertz CT molecular complexity index is 1040. The Morgan fingerprint density at radius 2 is 1.82 bits per heavy atom. The Morgan fingerprint density at radius 3 is 2.54 bits per heavy atom. The number of pyridine rings is 1. The number of hydrogen-bond acceptors (Lipinski definition) is 3. The lowest BCUT2D eigenvalue weighted by Gasteiger charge is -2.34. The van der Waals surface area contributed by atoms with Gasteiger partial charge in [-0.15, -0.1) is 6.42 Å². The molecule has 28 heavy (non-hydrogen) atoms. The van der Waals surface area contributed by atoms with E-state index in [9.17, 15) is 4.79 Å². The van der Waals surface area contributed by atoms with Crippen LogP contribution in [0.3, 0.4) is 0 Å². The lowest BCUT2D eigenvalue weighted by Crippen LogP contribution is -2.48. The molecule has 0 aliphatic carbocycles. The molecule has 1 saturated heterocycles. The number of nitrogens with zero attached hydrogens (tertiary/aromatic N) is 3. The van der Waals surface area contributed by atoms with Crippen molar-refractivity contribution in [3.63, 3.8) is 0 Å². The quantitative estimate of drug-likeness (QED) is 0.662. The molecule has 3 aromatic rings. The number of aromatic nitrogens is 1. The summed E-state index contributed by atoms with van der Waals surface area (Å²) in [5.41, 5.74) is 4.53. The fraction of sp³-hybridized carbons (Fsp3) is 0.250. The Kier molecular flexibility index (Phi) is 5.10. The molecule has 0 saturated carbocycles. The van der Waals surface area contributed by atoms with Crippen LogP contribution in [0.2, 0.25) is 0 Å². The maximum Gasteiger partial charge on any atom is 0.254 e.